The highest BCUT2D eigenvalue weighted by atomic mass is 32.1. The zero-order valence-corrected chi connectivity index (χ0v) is 10.7. The van der Waals surface area contributed by atoms with Crippen molar-refractivity contribution in [1.29, 1.82) is 0 Å². The average molecular weight is 229 g/mol. The van der Waals surface area contributed by atoms with Crippen LogP contribution in [0.5, 0.6) is 0 Å². The van der Waals surface area contributed by atoms with Crippen LogP contribution in [-0.4, -0.2) is 43.5 Å². The Hall–Kier alpha value is 0.01000. The van der Waals surface area contributed by atoms with Crippen molar-refractivity contribution >= 4 is 12.6 Å². The molecule has 1 aliphatic carbocycles. The summed E-state index contributed by atoms with van der Waals surface area (Å²) < 4.78 is 5.15. The first-order valence-electron chi connectivity index (χ1n) is 5.78. The molecule has 0 radical (unpaired) electrons. The molecule has 0 aromatic rings. The molecule has 1 aliphatic rings. The molecule has 0 aromatic carbocycles. The van der Waals surface area contributed by atoms with E-state index in [-0.39, 0.29) is 0 Å². The molecule has 1 rings (SSSR count). The second kappa shape index (κ2) is 7.31. The summed E-state index contributed by atoms with van der Waals surface area (Å²) in [6, 6.07) is 0.699. The monoisotopic (exact) mass is 229 g/mol. The fraction of sp³-hybridized carbons (Fsp3) is 0.833. The Bertz CT molecular complexity index is 192. The fourth-order valence-electron chi connectivity index (χ4n) is 1.83. The first kappa shape index (κ1) is 13.1. The van der Waals surface area contributed by atoms with Crippen LogP contribution in [0, 0.1) is 5.92 Å². The molecular formula is C12H23NOS. The Kier molecular flexibility index (Phi) is 6.37. The largest absolute Gasteiger partial charge is 0.383 e. The van der Waals surface area contributed by atoms with Gasteiger partial charge in [-0.15, -0.1) is 0 Å². The highest BCUT2D eigenvalue weighted by Gasteiger charge is 2.31. The minimum atomic E-state index is 0.699. The van der Waals surface area contributed by atoms with E-state index in [2.05, 4.69) is 36.6 Å². The smallest absolute Gasteiger partial charge is 0.0589 e. The van der Waals surface area contributed by atoms with Crippen LogP contribution >= 0.6 is 12.6 Å². The van der Waals surface area contributed by atoms with E-state index in [1.165, 1.54) is 12.8 Å². The van der Waals surface area contributed by atoms with Gasteiger partial charge in [-0.25, -0.2) is 0 Å². The van der Waals surface area contributed by atoms with Gasteiger partial charge in [0.1, 0.15) is 0 Å². The van der Waals surface area contributed by atoms with Gasteiger partial charge in [-0.1, -0.05) is 12.2 Å². The van der Waals surface area contributed by atoms with E-state index < -0.39 is 0 Å². The summed E-state index contributed by atoms with van der Waals surface area (Å²) in [5.74, 6) is 1.75. The molecule has 0 saturated heterocycles. The molecule has 2 nitrogen and oxygen atoms in total. The second-order valence-electron chi connectivity index (χ2n) is 4.22. The summed E-state index contributed by atoms with van der Waals surface area (Å²) in [4.78, 5) is 2.50. The molecule has 0 aliphatic heterocycles. The lowest BCUT2D eigenvalue weighted by atomic mass is 10.2. The lowest BCUT2D eigenvalue weighted by Gasteiger charge is -2.27. The fourth-order valence-corrected chi connectivity index (χ4v) is 1.98. The van der Waals surface area contributed by atoms with Crippen molar-refractivity contribution in [1.82, 2.24) is 4.90 Å². The number of ether oxygens (including phenoxy) is 1. The predicted octanol–water partition coefficient (Wildman–Crippen LogP) is 2.22. The van der Waals surface area contributed by atoms with Gasteiger partial charge in [0, 0.05) is 32.0 Å². The predicted molar refractivity (Wildman–Crippen MR) is 68.6 cm³/mol. The van der Waals surface area contributed by atoms with Crippen molar-refractivity contribution in [3.63, 3.8) is 0 Å². The third kappa shape index (κ3) is 5.05. The minimum Gasteiger partial charge on any atom is -0.383 e. The minimum absolute atomic E-state index is 0.699. The van der Waals surface area contributed by atoms with Crippen molar-refractivity contribution in [2.45, 2.75) is 25.8 Å². The molecule has 1 atom stereocenters. The highest BCUT2D eigenvalue weighted by Crippen LogP contribution is 2.34. The number of thiol groups is 1. The van der Waals surface area contributed by atoms with Crippen LogP contribution in [0.2, 0.25) is 0 Å². The molecule has 0 N–H and O–H groups in total. The van der Waals surface area contributed by atoms with Crippen LogP contribution < -0.4 is 0 Å². The topological polar surface area (TPSA) is 12.5 Å². The van der Waals surface area contributed by atoms with Crippen LogP contribution in [0.25, 0.3) is 0 Å². The highest BCUT2D eigenvalue weighted by molar-refractivity contribution is 7.80. The SMILES string of the molecule is COCCN(CC=CCS)C(C)C1CC1. The molecule has 0 bridgehead atoms. The summed E-state index contributed by atoms with van der Waals surface area (Å²) in [5.41, 5.74) is 0. The zero-order chi connectivity index (χ0) is 11.1. The van der Waals surface area contributed by atoms with Gasteiger partial charge < -0.3 is 4.74 Å². The van der Waals surface area contributed by atoms with Crippen molar-refractivity contribution in [2.75, 3.05) is 32.6 Å². The second-order valence-corrected chi connectivity index (χ2v) is 4.58. The summed E-state index contributed by atoms with van der Waals surface area (Å²) in [6.45, 7) is 5.22. The van der Waals surface area contributed by atoms with E-state index in [0.717, 1.165) is 31.4 Å². The molecule has 1 unspecified atom stereocenters. The Morgan fingerprint density at radius 2 is 2.20 bits per heavy atom. The van der Waals surface area contributed by atoms with Crippen molar-refractivity contribution in [3.8, 4) is 0 Å². The Labute approximate surface area is 99.1 Å². The number of rotatable bonds is 8. The molecule has 88 valence electrons. The average Bonchev–Trinajstić information content (AvgIpc) is 3.06. The summed E-state index contributed by atoms with van der Waals surface area (Å²) in [6.07, 6.45) is 7.13. The lowest BCUT2D eigenvalue weighted by molar-refractivity contribution is 0.126. The van der Waals surface area contributed by atoms with Gasteiger partial charge in [-0.05, 0) is 25.7 Å². The van der Waals surface area contributed by atoms with Gasteiger partial charge in [-0.2, -0.15) is 12.6 Å². The molecule has 0 aromatic heterocycles. The lowest BCUT2D eigenvalue weighted by Crippen LogP contribution is -2.37. The maximum atomic E-state index is 5.15. The first-order chi connectivity index (χ1) is 7.29. The van der Waals surface area contributed by atoms with Gasteiger partial charge in [0.05, 0.1) is 6.61 Å². The maximum absolute atomic E-state index is 5.15. The van der Waals surface area contributed by atoms with Gasteiger partial charge in [-0.3, -0.25) is 4.90 Å². The first-order valence-corrected chi connectivity index (χ1v) is 6.41. The van der Waals surface area contributed by atoms with Gasteiger partial charge in [0.25, 0.3) is 0 Å². The summed E-state index contributed by atoms with van der Waals surface area (Å²) in [5, 5.41) is 0. The maximum Gasteiger partial charge on any atom is 0.0589 e. The van der Waals surface area contributed by atoms with E-state index in [1.54, 1.807) is 7.11 Å². The van der Waals surface area contributed by atoms with Crippen LogP contribution in [0.4, 0.5) is 0 Å². The standard InChI is InChI=1S/C12H23NOS/c1-11(12-5-6-12)13(8-9-14-2)7-3-4-10-15/h3-4,11-12,15H,5-10H2,1-2H3. The Morgan fingerprint density at radius 3 is 2.73 bits per heavy atom. The van der Waals surface area contributed by atoms with Crippen molar-refractivity contribution < 1.29 is 4.74 Å². The van der Waals surface area contributed by atoms with Crippen LogP contribution in [0.3, 0.4) is 0 Å². The van der Waals surface area contributed by atoms with E-state index in [4.69, 9.17) is 4.74 Å². The molecular weight excluding hydrogens is 206 g/mol. The molecule has 0 amide bonds. The Balaban J connectivity index is 2.32. The van der Waals surface area contributed by atoms with E-state index in [0.29, 0.717) is 6.04 Å². The third-order valence-electron chi connectivity index (χ3n) is 3.07. The molecule has 1 fully saturated rings. The van der Waals surface area contributed by atoms with Crippen LogP contribution in [-0.2, 0) is 4.74 Å². The molecule has 0 heterocycles. The number of methoxy groups -OCH3 is 1. The third-order valence-corrected chi connectivity index (χ3v) is 3.29. The Morgan fingerprint density at radius 1 is 1.47 bits per heavy atom. The van der Waals surface area contributed by atoms with E-state index >= 15 is 0 Å². The molecule has 0 spiro atoms. The van der Waals surface area contributed by atoms with Crippen LogP contribution in [0.15, 0.2) is 12.2 Å². The quantitative estimate of drug-likeness (QED) is 0.506. The van der Waals surface area contributed by atoms with Gasteiger partial charge in [0.15, 0.2) is 0 Å². The van der Waals surface area contributed by atoms with Crippen molar-refractivity contribution in [2.24, 2.45) is 5.92 Å². The number of hydrogen-bond donors (Lipinski definition) is 1. The van der Waals surface area contributed by atoms with Gasteiger partial charge >= 0.3 is 0 Å². The normalized spacial score (nSPS) is 18.9. The van der Waals surface area contributed by atoms with E-state index in [1.807, 2.05) is 0 Å². The van der Waals surface area contributed by atoms with Crippen LogP contribution in [0.1, 0.15) is 19.8 Å². The summed E-state index contributed by atoms with van der Waals surface area (Å²) >= 11 is 4.17. The van der Waals surface area contributed by atoms with Crippen molar-refractivity contribution in [3.05, 3.63) is 12.2 Å². The summed E-state index contributed by atoms with van der Waals surface area (Å²) in [7, 11) is 1.77. The molecule has 3 heteroatoms. The number of hydrogen-bond acceptors (Lipinski definition) is 3. The molecule has 15 heavy (non-hydrogen) atoms. The van der Waals surface area contributed by atoms with E-state index in [9.17, 15) is 0 Å². The molecule has 1 saturated carbocycles. The number of nitrogens with zero attached hydrogens (tertiary/aromatic N) is 1. The zero-order valence-electron chi connectivity index (χ0n) is 9.85. The van der Waals surface area contributed by atoms with Gasteiger partial charge in [0.2, 0.25) is 0 Å².